The first kappa shape index (κ1) is 16.5. The lowest BCUT2D eigenvalue weighted by atomic mass is 9.97. The molecule has 1 aromatic rings. The van der Waals surface area contributed by atoms with E-state index in [1.807, 2.05) is 7.05 Å². The smallest absolute Gasteiger partial charge is 0.0858 e. The van der Waals surface area contributed by atoms with Gasteiger partial charge >= 0.3 is 0 Å². The normalized spacial score (nSPS) is 21.4. The van der Waals surface area contributed by atoms with Gasteiger partial charge in [-0.25, -0.2) is 0 Å². The van der Waals surface area contributed by atoms with Gasteiger partial charge in [0.15, 0.2) is 0 Å². The van der Waals surface area contributed by atoms with E-state index in [2.05, 4.69) is 49.2 Å². The van der Waals surface area contributed by atoms with Crippen LogP contribution in [0.3, 0.4) is 0 Å². The van der Waals surface area contributed by atoms with Crippen molar-refractivity contribution >= 4 is 0 Å². The number of likely N-dealkylation sites (N-methyl/N-ethyl adjacent to an activating group) is 1. The summed E-state index contributed by atoms with van der Waals surface area (Å²) in [4.78, 5) is 2.53. The van der Waals surface area contributed by atoms with Crippen LogP contribution < -0.4 is 5.32 Å². The summed E-state index contributed by atoms with van der Waals surface area (Å²) in [5.74, 6) is 0. The Hall–Kier alpha value is -0.900. The van der Waals surface area contributed by atoms with Gasteiger partial charge in [0.25, 0.3) is 0 Å². The van der Waals surface area contributed by atoms with E-state index in [0.717, 1.165) is 26.1 Å². The summed E-state index contributed by atoms with van der Waals surface area (Å²) in [6, 6.07) is 7.17. The summed E-state index contributed by atoms with van der Waals surface area (Å²) < 4.78 is 6.03. The van der Waals surface area contributed by atoms with Crippen LogP contribution >= 0.6 is 0 Å². The minimum absolute atomic E-state index is 0.289. The molecule has 0 aromatic heterocycles. The molecule has 1 N–H and O–H groups in total. The number of aryl methyl sites for hydroxylation is 2. The number of benzene rings is 1. The molecule has 0 spiro atoms. The molecule has 1 aliphatic rings. The first-order valence-electron chi connectivity index (χ1n) is 8.21. The number of nitrogens with one attached hydrogen (secondary N) is 1. The number of rotatable bonds is 6. The fourth-order valence-corrected chi connectivity index (χ4v) is 3.10. The maximum Gasteiger partial charge on any atom is 0.0858 e. The van der Waals surface area contributed by atoms with Crippen LogP contribution in [-0.2, 0) is 11.2 Å². The Morgan fingerprint density at radius 3 is 2.81 bits per heavy atom. The van der Waals surface area contributed by atoms with E-state index in [0.29, 0.717) is 6.04 Å². The molecule has 1 saturated heterocycles. The molecule has 3 heteroatoms. The Balaban J connectivity index is 1.99. The zero-order chi connectivity index (χ0) is 15.2. The molecule has 2 unspecified atom stereocenters. The highest BCUT2D eigenvalue weighted by molar-refractivity contribution is 5.30. The lowest BCUT2D eigenvalue weighted by molar-refractivity contribution is -0.0450. The van der Waals surface area contributed by atoms with E-state index in [1.54, 1.807) is 0 Å². The topological polar surface area (TPSA) is 24.5 Å². The highest BCUT2D eigenvalue weighted by atomic mass is 16.5. The maximum absolute atomic E-state index is 6.03. The predicted octanol–water partition coefficient (Wildman–Crippen LogP) is 2.54. The molecule has 0 radical (unpaired) electrons. The maximum atomic E-state index is 6.03. The van der Waals surface area contributed by atoms with Crippen LogP contribution in [0.4, 0.5) is 0 Å². The van der Waals surface area contributed by atoms with Gasteiger partial charge in [-0.2, -0.15) is 0 Å². The second-order valence-electron chi connectivity index (χ2n) is 6.23. The summed E-state index contributed by atoms with van der Waals surface area (Å²) in [6.45, 7) is 10.8. The molecule has 3 nitrogen and oxygen atoms in total. The Morgan fingerprint density at radius 1 is 1.33 bits per heavy atom. The van der Waals surface area contributed by atoms with E-state index < -0.39 is 0 Å². The van der Waals surface area contributed by atoms with Crippen LogP contribution in [0.5, 0.6) is 0 Å². The van der Waals surface area contributed by atoms with Crippen molar-refractivity contribution in [2.24, 2.45) is 0 Å². The summed E-state index contributed by atoms with van der Waals surface area (Å²) in [7, 11) is 2.05. The lowest BCUT2D eigenvalue weighted by Crippen LogP contribution is -2.52. The van der Waals surface area contributed by atoms with E-state index in [1.165, 1.54) is 29.7 Å². The van der Waals surface area contributed by atoms with Crippen LogP contribution in [0.2, 0.25) is 0 Å². The highest BCUT2D eigenvalue weighted by Crippen LogP contribution is 2.16. The number of nitrogens with zero attached hydrogens (tertiary/aromatic N) is 1. The van der Waals surface area contributed by atoms with Crippen LogP contribution in [0.1, 0.15) is 30.0 Å². The Kier molecular flexibility index (Phi) is 6.22. The predicted molar refractivity (Wildman–Crippen MR) is 88.9 cm³/mol. The van der Waals surface area contributed by atoms with Gasteiger partial charge in [-0.15, -0.1) is 0 Å². The van der Waals surface area contributed by atoms with Crippen LogP contribution in [0, 0.1) is 13.8 Å². The second-order valence-corrected chi connectivity index (χ2v) is 6.23. The fourth-order valence-electron chi connectivity index (χ4n) is 3.10. The molecule has 1 fully saturated rings. The van der Waals surface area contributed by atoms with Gasteiger partial charge in [0.2, 0.25) is 0 Å². The largest absolute Gasteiger partial charge is 0.374 e. The van der Waals surface area contributed by atoms with Gasteiger partial charge in [0, 0.05) is 19.1 Å². The minimum Gasteiger partial charge on any atom is -0.374 e. The average molecular weight is 290 g/mol. The third-order valence-corrected chi connectivity index (χ3v) is 4.56. The van der Waals surface area contributed by atoms with Gasteiger partial charge < -0.3 is 10.1 Å². The molecule has 118 valence electrons. The first-order valence-corrected chi connectivity index (χ1v) is 8.21. The Labute approximate surface area is 129 Å². The molecule has 1 heterocycles. The molecule has 2 atom stereocenters. The fraction of sp³-hybridized carbons (Fsp3) is 0.667. The van der Waals surface area contributed by atoms with Crippen molar-refractivity contribution < 1.29 is 4.74 Å². The van der Waals surface area contributed by atoms with Gasteiger partial charge in [0.1, 0.15) is 0 Å². The Morgan fingerprint density at radius 2 is 2.14 bits per heavy atom. The quantitative estimate of drug-likeness (QED) is 0.871. The van der Waals surface area contributed by atoms with E-state index in [9.17, 15) is 0 Å². The molecule has 2 rings (SSSR count). The van der Waals surface area contributed by atoms with Crippen molar-refractivity contribution in [2.75, 3.05) is 33.3 Å². The van der Waals surface area contributed by atoms with Crippen molar-refractivity contribution in [3.05, 3.63) is 34.9 Å². The van der Waals surface area contributed by atoms with Crippen LogP contribution in [0.15, 0.2) is 18.2 Å². The number of hydrogen-bond donors (Lipinski definition) is 1. The van der Waals surface area contributed by atoms with Crippen molar-refractivity contribution in [1.29, 1.82) is 0 Å². The molecule has 0 bridgehead atoms. The minimum atomic E-state index is 0.289. The first-order chi connectivity index (χ1) is 10.1. The summed E-state index contributed by atoms with van der Waals surface area (Å²) in [5, 5.41) is 3.47. The van der Waals surface area contributed by atoms with Gasteiger partial charge in [0.05, 0.1) is 12.7 Å². The van der Waals surface area contributed by atoms with Crippen molar-refractivity contribution in [2.45, 2.75) is 45.8 Å². The van der Waals surface area contributed by atoms with Crippen molar-refractivity contribution in [1.82, 2.24) is 10.2 Å². The molecule has 0 amide bonds. The highest BCUT2D eigenvalue weighted by Gasteiger charge is 2.27. The second kappa shape index (κ2) is 7.92. The molecule has 1 aliphatic heterocycles. The summed E-state index contributed by atoms with van der Waals surface area (Å²) in [5.41, 5.74) is 4.14. The Bertz CT molecular complexity index is 445. The molecular formula is C18H30N2O. The van der Waals surface area contributed by atoms with E-state index in [4.69, 9.17) is 4.74 Å². The van der Waals surface area contributed by atoms with E-state index in [-0.39, 0.29) is 6.10 Å². The van der Waals surface area contributed by atoms with Crippen LogP contribution in [0.25, 0.3) is 0 Å². The van der Waals surface area contributed by atoms with Crippen molar-refractivity contribution in [3.8, 4) is 0 Å². The van der Waals surface area contributed by atoms with Crippen LogP contribution in [-0.4, -0.2) is 50.3 Å². The van der Waals surface area contributed by atoms with E-state index >= 15 is 0 Å². The zero-order valence-corrected chi connectivity index (χ0v) is 14.0. The number of ether oxygens (including phenoxy) is 1. The van der Waals surface area contributed by atoms with Gasteiger partial charge in [-0.3, -0.25) is 4.90 Å². The molecular weight excluding hydrogens is 260 g/mol. The SMILES string of the molecule is CCCN1CCOC(C(Cc2ccc(C)c(C)c2)NC)C1. The molecule has 21 heavy (non-hydrogen) atoms. The zero-order valence-electron chi connectivity index (χ0n) is 14.0. The third-order valence-electron chi connectivity index (χ3n) is 4.56. The molecule has 0 aliphatic carbocycles. The number of hydrogen-bond acceptors (Lipinski definition) is 3. The molecule has 0 saturated carbocycles. The average Bonchev–Trinajstić information content (AvgIpc) is 2.49. The van der Waals surface area contributed by atoms with Gasteiger partial charge in [-0.1, -0.05) is 25.1 Å². The number of morpholine rings is 1. The summed E-state index contributed by atoms with van der Waals surface area (Å²) in [6.07, 6.45) is 2.54. The molecule has 1 aromatic carbocycles. The lowest BCUT2D eigenvalue weighted by Gasteiger charge is -2.37. The monoisotopic (exact) mass is 290 g/mol. The standard InChI is InChI=1S/C18H30N2O/c1-5-8-20-9-10-21-18(13-20)17(19-4)12-16-7-6-14(2)15(3)11-16/h6-7,11,17-19H,5,8-10,12-13H2,1-4H3. The van der Waals surface area contributed by atoms with Gasteiger partial charge in [-0.05, 0) is 57.0 Å². The summed E-state index contributed by atoms with van der Waals surface area (Å²) >= 11 is 0. The third kappa shape index (κ3) is 4.53. The van der Waals surface area contributed by atoms with Crippen molar-refractivity contribution in [3.63, 3.8) is 0 Å².